The van der Waals surface area contributed by atoms with Gasteiger partial charge in [-0.15, -0.1) is 11.8 Å². The van der Waals surface area contributed by atoms with Crippen molar-refractivity contribution in [3.05, 3.63) is 29.3 Å². The van der Waals surface area contributed by atoms with Gasteiger partial charge in [-0.1, -0.05) is 12.5 Å². The average Bonchev–Trinajstić information content (AvgIpc) is 3.10. The molecule has 114 valence electrons. The lowest BCUT2D eigenvalue weighted by Crippen LogP contribution is -2.40. The molecule has 1 aromatic carbocycles. The summed E-state index contributed by atoms with van der Waals surface area (Å²) in [4.78, 5) is 13.7. The molecule has 0 saturated heterocycles. The lowest BCUT2D eigenvalue weighted by Gasteiger charge is -2.28. The summed E-state index contributed by atoms with van der Waals surface area (Å²) < 4.78 is 0. The minimum Gasteiger partial charge on any atom is -0.349 e. The van der Waals surface area contributed by atoms with E-state index in [1.165, 1.54) is 25.7 Å². The monoisotopic (exact) mass is 303 g/mol. The number of hydrogen-bond acceptors (Lipinski definition) is 2. The Bertz CT molecular complexity index is 542. The highest BCUT2D eigenvalue weighted by Crippen LogP contribution is 2.49. The van der Waals surface area contributed by atoms with Gasteiger partial charge in [0.2, 0.25) is 0 Å². The van der Waals surface area contributed by atoms with Gasteiger partial charge in [0.25, 0.3) is 5.91 Å². The van der Waals surface area contributed by atoms with Crippen molar-refractivity contribution < 1.29 is 4.79 Å². The molecule has 2 nitrogen and oxygen atoms in total. The van der Waals surface area contributed by atoms with Crippen LogP contribution in [0.3, 0.4) is 0 Å². The van der Waals surface area contributed by atoms with Gasteiger partial charge in [-0.2, -0.15) is 0 Å². The zero-order valence-electron chi connectivity index (χ0n) is 13.2. The first-order chi connectivity index (χ1) is 10.1. The standard InChI is InChI=1S/C18H25NOS/c1-11-4-7-15(21-3)10-16(11)18(20)19-12(2)17-9-13-5-6-14(17)8-13/h4,7,10,12-14,17H,5-6,8-9H2,1-3H3,(H,19,20). The van der Waals surface area contributed by atoms with E-state index in [2.05, 4.69) is 18.3 Å². The zero-order chi connectivity index (χ0) is 15.0. The first kappa shape index (κ1) is 15.0. The molecule has 0 aromatic heterocycles. The van der Waals surface area contributed by atoms with Gasteiger partial charge in [-0.05, 0) is 74.8 Å². The van der Waals surface area contributed by atoms with E-state index in [9.17, 15) is 4.79 Å². The lowest BCUT2D eigenvalue weighted by molar-refractivity contribution is 0.0914. The minimum atomic E-state index is 0.0960. The number of hydrogen-bond donors (Lipinski definition) is 1. The van der Waals surface area contributed by atoms with Gasteiger partial charge in [0.15, 0.2) is 0 Å². The van der Waals surface area contributed by atoms with Crippen LogP contribution in [0.4, 0.5) is 0 Å². The molecule has 0 heterocycles. The Morgan fingerprint density at radius 2 is 2.14 bits per heavy atom. The first-order valence-corrected chi connectivity index (χ1v) is 9.26. The van der Waals surface area contributed by atoms with Crippen molar-refractivity contribution in [2.45, 2.75) is 50.5 Å². The summed E-state index contributed by atoms with van der Waals surface area (Å²) in [5.41, 5.74) is 1.89. The van der Waals surface area contributed by atoms with Gasteiger partial charge < -0.3 is 5.32 Å². The fraction of sp³-hybridized carbons (Fsp3) is 0.611. The van der Waals surface area contributed by atoms with Crippen LogP contribution in [0.25, 0.3) is 0 Å². The Hall–Kier alpha value is -0.960. The third kappa shape index (κ3) is 2.98. The van der Waals surface area contributed by atoms with Crippen LogP contribution in [0.2, 0.25) is 0 Å². The summed E-state index contributed by atoms with van der Waals surface area (Å²) >= 11 is 1.68. The van der Waals surface area contributed by atoms with Gasteiger partial charge in [-0.25, -0.2) is 0 Å². The molecule has 0 radical (unpaired) electrons. The fourth-order valence-corrected chi connectivity index (χ4v) is 4.71. The van der Waals surface area contributed by atoms with Crippen molar-refractivity contribution >= 4 is 17.7 Å². The number of nitrogens with one attached hydrogen (secondary N) is 1. The number of rotatable bonds is 4. The molecule has 1 amide bonds. The Balaban J connectivity index is 1.68. The molecule has 21 heavy (non-hydrogen) atoms. The van der Waals surface area contributed by atoms with E-state index in [0.717, 1.165) is 27.9 Å². The number of thioether (sulfide) groups is 1. The molecule has 2 bridgehead atoms. The van der Waals surface area contributed by atoms with E-state index in [4.69, 9.17) is 0 Å². The molecule has 4 atom stereocenters. The van der Waals surface area contributed by atoms with Crippen LogP contribution in [0.5, 0.6) is 0 Å². The number of amides is 1. The van der Waals surface area contributed by atoms with E-state index >= 15 is 0 Å². The van der Waals surface area contributed by atoms with Crippen molar-refractivity contribution in [1.82, 2.24) is 5.32 Å². The summed E-state index contributed by atoms with van der Waals surface area (Å²) in [6, 6.07) is 6.44. The molecular weight excluding hydrogens is 278 g/mol. The fourth-order valence-electron chi connectivity index (χ4n) is 4.27. The molecule has 0 spiro atoms. The summed E-state index contributed by atoms with van der Waals surface area (Å²) in [5, 5.41) is 3.27. The highest BCUT2D eigenvalue weighted by Gasteiger charge is 2.42. The van der Waals surface area contributed by atoms with Crippen LogP contribution in [0.1, 0.15) is 48.5 Å². The molecule has 2 saturated carbocycles. The highest BCUT2D eigenvalue weighted by atomic mass is 32.2. The third-order valence-corrected chi connectivity index (χ3v) is 6.21. The molecule has 4 unspecified atom stereocenters. The van der Waals surface area contributed by atoms with E-state index in [0.29, 0.717) is 12.0 Å². The number of carbonyl (C=O) groups is 1. The molecule has 3 rings (SSSR count). The summed E-state index contributed by atoms with van der Waals surface area (Å²) in [6.45, 7) is 4.21. The number of benzene rings is 1. The largest absolute Gasteiger partial charge is 0.349 e. The Labute approximate surface area is 132 Å². The average molecular weight is 303 g/mol. The van der Waals surface area contributed by atoms with Crippen LogP contribution >= 0.6 is 11.8 Å². The molecule has 2 aliphatic carbocycles. The van der Waals surface area contributed by atoms with E-state index < -0.39 is 0 Å². The van der Waals surface area contributed by atoms with E-state index in [1.54, 1.807) is 11.8 Å². The Kier molecular flexibility index (Phi) is 4.30. The lowest BCUT2D eigenvalue weighted by atomic mass is 9.84. The van der Waals surface area contributed by atoms with Gasteiger partial charge >= 0.3 is 0 Å². The summed E-state index contributed by atoms with van der Waals surface area (Å²) in [5.74, 6) is 2.57. The molecule has 1 aromatic rings. The normalized spacial score (nSPS) is 28.6. The van der Waals surface area contributed by atoms with Crippen molar-refractivity contribution in [2.75, 3.05) is 6.26 Å². The first-order valence-electron chi connectivity index (χ1n) is 8.04. The molecule has 0 aliphatic heterocycles. The van der Waals surface area contributed by atoms with Crippen molar-refractivity contribution in [2.24, 2.45) is 17.8 Å². The second-order valence-corrected chi connectivity index (χ2v) is 7.66. The number of carbonyl (C=O) groups excluding carboxylic acids is 1. The Morgan fingerprint density at radius 1 is 1.33 bits per heavy atom. The molecule has 3 heteroatoms. The van der Waals surface area contributed by atoms with Crippen LogP contribution in [-0.2, 0) is 0 Å². The molecular formula is C18H25NOS. The van der Waals surface area contributed by atoms with Gasteiger partial charge in [0, 0.05) is 16.5 Å². The van der Waals surface area contributed by atoms with Crippen molar-refractivity contribution in [3.63, 3.8) is 0 Å². The van der Waals surface area contributed by atoms with Gasteiger partial charge in [-0.3, -0.25) is 4.79 Å². The molecule has 1 N–H and O–H groups in total. The van der Waals surface area contributed by atoms with E-state index in [-0.39, 0.29) is 5.91 Å². The SMILES string of the molecule is CSc1ccc(C)c(C(=O)NC(C)C2CC3CCC2C3)c1. The highest BCUT2D eigenvalue weighted by molar-refractivity contribution is 7.98. The maximum Gasteiger partial charge on any atom is 0.251 e. The van der Waals surface area contributed by atoms with Gasteiger partial charge in [0.05, 0.1) is 0 Å². The predicted octanol–water partition coefficient (Wildman–Crippen LogP) is 4.27. The van der Waals surface area contributed by atoms with Gasteiger partial charge in [0.1, 0.15) is 0 Å². The number of fused-ring (bicyclic) bond motifs is 2. The summed E-state index contributed by atoms with van der Waals surface area (Å²) in [7, 11) is 0. The third-order valence-electron chi connectivity index (χ3n) is 5.48. The van der Waals surface area contributed by atoms with Crippen LogP contribution < -0.4 is 5.32 Å². The maximum absolute atomic E-state index is 12.6. The molecule has 2 fully saturated rings. The quantitative estimate of drug-likeness (QED) is 0.842. The minimum absolute atomic E-state index is 0.0960. The predicted molar refractivity (Wildman–Crippen MR) is 88.8 cm³/mol. The topological polar surface area (TPSA) is 29.1 Å². The smallest absolute Gasteiger partial charge is 0.251 e. The maximum atomic E-state index is 12.6. The molecule has 2 aliphatic rings. The second kappa shape index (κ2) is 6.04. The Morgan fingerprint density at radius 3 is 2.76 bits per heavy atom. The van der Waals surface area contributed by atoms with Crippen LogP contribution in [-0.4, -0.2) is 18.2 Å². The summed E-state index contributed by atoms with van der Waals surface area (Å²) in [6.07, 6.45) is 7.54. The zero-order valence-corrected chi connectivity index (χ0v) is 14.0. The van der Waals surface area contributed by atoms with Crippen LogP contribution in [0.15, 0.2) is 23.1 Å². The van der Waals surface area contributed by atoms with E-state index in [1.807, 2.05) is 25.3 Å². The van der Waals surface area contributed by atoms with Crippen molar-refractivity contribution in [1.29, 1.82) is 0 Å². The van der Waals surface area contributed by atoms with Crippen LogP contribution in [0, 0.1) is 24.7 Å². The second-order valence-electron chi connectivity index (χ2n) is 6.78. The number of aryl methyl sites for hydroxylation is 1. The van der Waals surface area contributed by atoms with Crippen molar-refractivity contribution in [3.8, 4) is 0 Å².